The summed E-state index contributed by atoms with van der Waals surface area (Å²) in [7, 11) is 2.05. The molecule has 0 radical (unpaired) electrons. The second kappa shape index (κ2) is 5.84. The number of rotatable bonds is 3. The summed E-state index contributed by atoms with van der Waals surface area (Å²) < 4.78 is 2.14. The van der Waals surface area contributed by atoms with Gasteiger partial charge in [-0.2, -0.15) is 0 Å². The molecule has 0 fully saturated rings. The normalized spacial score (nSPS) is 11.6. The minimum Gasteiger partial charge on any atom is -0.331 e. The highest BCUT2D eigenvalue weighted by Gasteiger charge is 2.12. The first-order chi connectivity index (χ1) is 12.8. The molecule has 0 bridgehead atoms. The van der Waals surface area contributed by atoms with Crippen molar-refractivity contribution < 1.29 is 0 Å². The molecular formula is C20H16N6. The van der Waals surface area contributed by atoms with Gasteiger partial charge in [-0.15, -0.1) is 0 Å². The fourth-order valence-electron chi connectivity index (χ4n) is 3.33. The van der Waals surface area contributed by atoms with Crippen LogP contribution in [-0.4, -0.2) is 29.5 Å². The maximum Gasteiger partial charge on any atom is 0.115 e. The van der Waals surface area contributed by atoms with Crippen molar-refractivity contribution in [1.29, 1.82) is 0 Å². The third kappa shape index (κ3) is 2.38. The van der Waals surface area contributed by atoms with Crippen LogP contribution in [0.2, 0.25) is 0 Å². The summed E-state index contributed by atoms with van der Waals surface area (Å²) in [5.74, 6) is 1.02. The van der Waals surface area contributed by atoms with Gasteiger partial charge in [0.15, 0.2) is 0 Å². The molecule has 126 valence electrons. The van der Waals surface area contributed by atoms with Crippen molar-refractivity contribution in [1.82, 2.24) is 29.5 Å². The van der Waals surface area contributed by atoms with E-state index in [1.165, 1.54) is 0 Å². The summed E-state index contributed by atoms with van der Waals surface area (Å²) in [4.78, 5) is 22.6. The molecule has 5 aromatic rings. The number of imidazole rings is 1. The van der Waals surface area contributed by atoms with E-state index in [4.69, 9.17) is 4.98 Å². The van der Waals surface area contributed by atoms with E-state index < -0.39 is 0 Å². The lowest BCUT2D eigenvalue weighted by Crippen LogP contribution is -2.02. The average Bonchev–Trinajstić information content (AvgIpc) is 3.02. The van der Waals surface area contributed by atoms with E-state index in [2.05, 4.69) is 49.7 Å². The monoisotopic (exact) mass is 340 g/mol. The van der Waals surface area contributed by atoms with Gasteiger partial charge >= 0.3 is 0 Å². The zero-order chi connectivity index (χ0) is 17.5. The molecule has 4 heterocycles. The molecule has 4 aromatic heterocycles. The van der Waals surface area contributed by atoms with Crippen LogP contribution in [-0.2, 0) is 19.9 Å². The molecule has 0 spiro atoms. The first kappa shape index (κ1) is 14.9. The predicted octanol–water partition coefficient (Wildman–Crippen LogP) is 3.24. The Hall–Kier alpha value is -3.41. The first-order valence-electron chi connectivity index (χ1n) is 8.54. The number of aryl methyl sites for hydroxylation is 3. The van der Waals surface area contributed by atoms with Crippen molar-refractivity contribution in [2.24, 2.45) is 7.05 Å². The van der Waals surface area contributed by atoms with Gasteiger partial charge in [0.2, 0.25) is 0 Å². The number of nitrogens with zero attached hydrogens (tertiary/aromatic N) is 6. The molecule has 0 aliphatic carbocycles. The highest BCUT2D eigenvalue weighted by molar-refractivity contribution is 6.01. The van der Waals surface area contributed by atoms with Gasteiger partial charge in [0.1, 0.15) is 16.9 Å². The molecular weight excluding hydrogens is 324 g/mol. The Morgan fingerprint density at radius 1 is 0.846 bits per heavy atom. The van der Waals surface area contributed by atoms with Crippen molar-refractivity contribution >= 4 is 33.0 Å². The van der Waals surface area contributed by atoms with Crippen molar-refractivity contribution in [3.05, 3.63) is 66.6 Å². The van der Waals surface area contributed by atoms with E-state index in [0.29, 0.717) is 0 Å². The average molecular weight is 340 g/mol. The van der Waals surface area contributed by atoms with Crippen molar-refractivity contribution in [3.8, 4) is 0 Å². The Balaban J connectivity index is 1.50. The molecule has 0 aliphatic heterocycles. The van der Waals surface area contributed by atoms with Crippen LogP contribution in [0, 0.1) is 0 Å². The van der Waals surface area contributed by atoms with Crippen LogP contribution in [0.3, 0.4) is 0 Å². The smallest absolute Gasteiger partial charge is 0.115 e. The molecule has 0 N–H and O–H groups in total. The van der Waals surface area contributed by atoms with Gasteiger partial charge in [-0.1, -0.05) is 12.1 Å². The minimum atomic E-state index is 0.778. The second-order valence-electron chi connectivity index (χ2n) is 6.32. The van der Waals surface area contributed by atoms with Crippen LogP contribution in [0.15, 0.2) is 55.1 Å². The fourth-order valence-corrected chi connectivity index (χ4v) is 3.33. The third-order valence-electron chi connectivity index (χ3n) is 4.72. The van der Waals surface area contributed by atoms with Gasteiger partial charge in [-0.25, -0.2) is 9.97 Å². The standard InChI is InChI=1S/C20H16N6/c1-26-17-6-4-13-3-2-9-22-19(13)20(17)25-18(26)7-5-14-11-23-15-8-10-21-12-16(15)24-14/h2-4,6,8-12H,5,7H2,1H3. The SMILES string of the molecule is Cn1c(CCc2cnc3ccncc3n2)nc2c3ncccc3ccc21. The Bertz CT molecular complexity index is 1260. The number of benzene rings is 1. The maximum absolute atomic E-state index is 4.86. The molecule has 1 aromatic carbocycles. The Labute approximate surface area is 149 Å². The summed E-state index contributed by atoms with van der Waals surface area (Å²) in [6.45, 7) is 0. The lowest BCUT2D eigenvalue weighted by Gasteiger charge is -2.03. The highest BCUT2D eigenvalue weighted by atomic mass is 15.1. The molecule has 0 amide bonds. The molecule has 0 saturated carbocycles. The van der Waals surface area contributed by atoms with Crippen LogP contribution in [0.5, 0.6) is 0 Å². The zero-order valence-corrected chi connectivity index (χ0v) is 14.3. The van der Waals surface area contributed by atoms with E-state index in [0.717, 1.165) is 57.3 Å². The number of hydrogen-bond donors (Lipinski definition) is 0. The van der Waals surface area contributed by atoms with E-state index in [-0.39, 0.29) is 0 Å². The van der Waals surface area contributed by atoms with E-state index in [1.807, 2.05) is 24.5 Å². The summed E-state index contributed by atoms with van der Waals surface area (Å²) in [6, 6.07) is 10.1. The fraction of sp³-hybridized carbons (Fsp3) is 0.150. The number of aromatic nitrogens is 6. The largest absolute Gasteiger partial charge is 0.331 e. The van der Waals surface area contributed by atoms with Crippen LogP contribution < -0.4 is 0 Å². The quantitative estimate of drug-likeness (QED) is 0.504. The van der Waals surface area contributed by atoms with Gasteiger partial charge in [0.25, 0.3) is 0 Å². The molecule has 6 heteroatoms. The predicted molar refractivity (Wildman–Crippen MR) is 101 cm³/mol. The van der Waals surface area contributed by atoms with Gasteiger partial charge in [0, 0.05) is 37.4 Å². The van der Waals surface area contributed by atoms with E-state index >= 15 is 0 Å². The molecule has 0 aliphatic rings. The maximum atomic E-state index is 4.86. The molecule has 6 nitrogen and oxygen atoms in total. The van der Waals surface area contributed by atoms with Crippen LogP contribution in [0.1, 0.15) is 11.5 Å². The molecule has 0 unspecified atom stereocenters. The molecule has 0 saturated heterocycles. The first-order valence-corrected chi connectivity index (χ1v) is 8.54. The summed E-state index contributed by atoms with van der Waals surface area (Å²) in [5.41, 5.74) is 5.63. The number of fused-ring (bicyclic) bond motifs is 4. The van der Waals surface area contributed by atoms with Gasteiger partial charge < -0.3 is 4.57 Å². The summed E-state index contributed by atoms with van der Waals surface area (Å²) >= 11 is 0. The zero-order valence-electron chi connectivity index (χ0n) is 14.3. The van der Waals surface area contributed by atoms with E-state index in [1.54, 1.807) is 12.4 Å². The Morgan fingerprint density at radius 3 is 2.77 bits per heavy atom. The van der Waals surface area contributed by atoms with E-state index in [9.17, 15) is 0 Å². The lowest BCUT2D eigenvalue weighted by molar-refractivity contribution is 0.775. The minimum absolute atomic E-state index is 0.778. The van der Waals surface area contributed by atoms with Crippen LogP contribution in [0.25, 0.3) is 33.0 Å². The second-order valence-corrected chi connectivity index (χ2v) is 6.32. The topological polar surface area (TPSA) is 69.4 Å². The van der Waals surface area contributed by atoms with Gasteiger partial charge in [-0.05, 0) is 24.6 Å². The number of pyridine rings is 2. The van der Waals surface area contributed by atoms with Crippen LogP contribution >= 0.6 is 0 Å². The van der Waals surface area contributed by atoms with Gasteiger partial charge in [0.05, 0.1) is 28.4 Å². The lowest BCUT2D eigenvalue weighted by atomic mass is 10.2. The Kier molecular flexibility index (Phi) is 3.35. The molecule has 5 rings (SSSR count). The highest BCUT2D eigenvalue weighted by Crippen LogP contribution is 2.24. The summed E-state index contributed by atoms with van der Waals surface area (Å²) in [6.07, 6.45) is 8.70. The van der Waals surface area contributed by atoms with Gasteiger partial charge in [-0.3, -0.25) is 15.0 Å². The summed E-state index contributed by atoms with van der Waals surface area (Å²) in [5, 5.41) is 1.11. The van der Waals surface area contributed by atoms with Crippen molar-refractivity contribution in [3.63, 3.8) is 0 Å². The van der Waals surface area contributed by atoms with Crippen LogP contribution in [0.4, 0.5) is 0 Å². The molecule has 26 heavy (non-hydrogen) atoms. The Morgan fingerprint density at radius 2 is 1.81 bits per heavy atom. The molecule has 0 atom stereocenters. The van der Waals surface area contributed by atoms with Crippen molar-refractivity contribution in [2.45, 2.75) is 12.8 Å². The van der Waals surface area contributed by atoms with Crippen molar-refractivity contribution in [2.75, 3.05) is 0 Å². The number of hydrogen-bond acceptors (Lipinski definition) is 5. The third-order valence-corrected chi connectivity index (χ3v) is 4.72.